The lowest BCUT2D eigenvalue weighted by Crippen LogP contribution is -2.29. The maximum Gasteiger partial charge on any atom is 0.223 e. The predicted molar refractivity (Wildman–Crippen MR) is 92.8 cm³/mol. The van der Waals surface area contributed by atoms with E-state index in [1.54, 1.807) is 13.1 Å². The Morgan fingerprint density at radius 3 is 2.68 bits per heavy atom. The van der Waals surface area contributed by atoms with Crippen LogP contribution in [0.15, 0.2) is 54.7 Å². The average Bonchev–Trinajstić information content (AvgIpc) is 2.62. The summed E-state index contributed by atoms with van der Waals surface area (Å²) in [4.78, 5) is 16.6. The summed E-state index contributed by atoms with van der Waals surface area (Å²) in [7, 11) is 0. The van der Waals surface area contributed by atoms with E-state index in [1.165, 1.54) is 6.07 Å². The number of nitrogens with zero attached hydrogens (tertiary/aromatic N) is 1. The summed E-state index contributed by atoms with van der Waals surface area (Å²) in [6, 6.07) is 13.5. The van der Waals surface area contributed by atoms with Crippen LogP contribution >= 0.6 is 0 Å². The van der Waals surface area contributed by atoms with Crippen molar-refractivity contribution in [1.82, 2.24) is 10.3 Å². The van der Waals surface area contributed by atoms with Crippen LogP contribution in [-0.4, -0.2) is 10.9 Å². The number of benzene rings is 2. The number of pyridine rings is 1. The number of aromatic nitrogens is 1. The highest BCUT2D eigenvalue weighted by Crippen LogP contribution is 2.15. The summed E-state index contributed by atoms with van der Waals surface area (Å²) >= 11 is 0. The second kappa shape index (κ2) is 7.38. The molecule has 25 heavy (non-hydrogen) atoms. The number of nitrogens with one attached hydrogen (secondary N) is 1. The molecular weight excluding hydrogens is 322 g/mol. The zero-order valence-electron chi connectivity index (χ0n) is 13.8. The number of hydrogen-bond acceptors (Lipinski definition) is 2. The highest BCUT2D eigenvalue weighted by Gasteiger charge is 2.14. The lowest BCUT2D eigenvalue weighted by Gasteiger charge is -2.13. The molecule has 3 rings (SSSR count). The van der Waals surface area contributed by atoms with E-state index < -0.39 is 11.6 Å². The molecule has 1 aromatic heterocycles. The SMILES string of the molecule is CC(Cc1ccc(F)c(F)c1)C(=O)NCc1cnc2ccccc2c1. The predicted octanol–water partition coefficient (Wildman–Crippen LogP) is 4.01. The molecule has 2 aromatic carbocycles. The van der Waals surface area contributed by atoms with Gasteiger partial charge in [-0.15, -0.1) is 0 Å². The molecule has 0 bridgehead atoms. The molecule has 0 saturated heterocycles. The Kier molecular flexibility index (Phi) is 5.03. The van der Waals surface area contributed by atoms with E-state index in [9.17, 15) is 13.6 Å². The number of para-hydroxylation sites is 1. The zero-order valence-corrected chi connectivity index (χ0v) is 13.8. The quantitative estimate of drug-likeness (QED) is 0.762. The van der Waals surface area contributed by atoms with Crippen molar-refractivity contribution in [2.45, 2.75) is 19.9 Å². The van der Waals surface area contributed by atoms with Crippen LogP contribution in [0.5, 0.6) is 0 Å². The molecule has 0 aliphatic heterocycles. The van der Waals surface area contributed by atoms with Gasteiger partial charge in [-0.1, -0.05) is 31.2 Å². The van der Waals surface area contributed by atoms with Gasteiger partial charge in [0.2, 0.25) is 5.91 Å². The van der Waals surface area contributed by atoms with Crippen LogP contribution in [0, 0.1) is 17.6 Å². The van der Waals surface area contributed by atoms with Crippen LogP contribution in [-0.2, 0) is 17.8 Å². The van der Waals surface area contributed by atoms with Crippen LogP contribution in [0.25, 0.3) is 10.9 Å². The van der Waals surface area contributed by atoms with Crippen molar-refractivity contribution in [2.24, 2.45) is 5.92 Å². The number of amides is 1. The van der Waals surface area contributed by atoms with Gasteiger partial charge in [0.15, 0.2) is 11.6 Å². The minimum Gasteiger partial charge on any atom is -0.352 e. The van der Waals surface area contributed by atoms with Crippen LogP contribution in [0.2, 0.25) is 0 Å². The fourth-order valence-electron chi connectivity index (χ4n) is 2.69. The van der Waals surface area contributed by atoms with Gasteiger partial charge in [0, 0.05) is 24.0 Å². The van der Waals surface area contributed by atoms with Crippen LogP contribution in [0.3, 0.4) is 0 Å². The maximum absolute atomic E-state index is 13.2. The topological polar surface area (TPSA) is 42.0 Å². The van der Waals surface area contributed by atoms with Crippen molar-refractivity contribution >= 4 is 16.8 Å². The molecule has 5 heteroatoms. The number of halogens is 2. The minimum atomic E-state index is -0.896. The summed E-state index contributed by atoms with van der Waals surface area (Å²) in [6.07, 6.45) is 2.08. The number of carbonyl (C=O) groups excluding carboxylic acids is 1. The second-order valence-electron chi connectivity index (χ2n) is 6.11. The monoisotopic (exact) mass is 340 g/mol. The van der Waals surface area contributed by atoms with Gasteiger partial charge in [0.1, 0.15) is 0 Å². The van der Waals surface area contributed by atoms with Crippen LogP contribution in [0.4, 0.5) is 8.78 Å². The van der Waals surface area contributed by atoms with Gasteiger partial charge in [0.05, 0.1) is 5.52 Å². The first-order valence-electron chi connectivity index (χ1n) is 8.08. The molecule has 1 heterocycles. The third-order valence-electron chi connectivity index (χ3n) is 4.09. The molecule has 0 aliphatic carbocycles. The molecule has 0 spiro atoms. The first kappa shape index (κ1) is 17.0. The van der Waals surface area contributed by atoms with Gasteiger partial charge in [-0.3, -0.25) is 9.78 Å². The molecule has 3 nitrogen and oxygen atoms in total. The van der Waals surface area contributed by atoms with E-state index in [2.05, 4.69) is 10.3 Å². The Morgan fingerprint density at radius 1 is 1.08 bits per heavy atom. The number of carbonyl (C=O) groups is 1. The molecule has 0 radical (unpaired) electrons. The minimum absolute atomic E-state index is 0.141. The first-order chi connectivity index (χ1) is 12.0. The lowest BCUT2D eigenvalue weighted by atomic mass is 10.00. The molecule has 1 amide bonds. The van der Waals surface area contributed by atoms with Gasteiger partial charge in [0.25, 0.3) is 0 Å². The standard InChI is InChI=1S/C20H18F2N2O/c1-13(8-14-6-7-17(21)18(22)10-14)20(25)24-12-15-9-16-4-2-3-5-19(16)23-11-15/h2-7,9-11,13H,8,12H2,1H3,(H,24,25). The van der Waals surface area contributed by atoms with E-state index in [0.29, 0.717) is 18.5 Å². The third-order valence-corrected chi connectivity index (χ3v) is 4.09. The molecule has 0 aliphatic rings. The van der Waals surface area contributed by atoms with Crippen molar-refractivity contribution in [3.8, 4) is 0 Å². The first-order valence-corrected chi connectivity index (χ1v) is 8.08. The van der Waals surface area contributed by atoms with Gasteiger partial charge in [-0.2, -0.15) is 0 Å². The van der Waals surface area contributed by atoms with Crippen molar-refractivity contribution in [2.75, 3.05) is 0 Å². The van der Waals surface area contributed by atoms with Gasteiger partial charge < -0.3 is 5.32 Å². The smallest absolute Gasteiger partial charge is 0.223 e. The summed E-state index contributed by atoms with van der Waals surface area (Å²) in [5.74, 6) is -2.27. The van der Waals surface area contributed by atoms with Crippen molar-refractivity contribution < 1.29 is 13.6 Å². The Bertz CT molecular complexity index is 911. The summed E-state index contributed by atoms with van der Waals surface area (Å²) in [5, 5.41) is 3.88. The van der Waals surface area contributed by atoms with E-state index in [4.69, 9.17) is 0 Å². The van der Waals surface area contributed by atoms with Gasteiger partial charge in [-0.05, 0) is 41.8 Å². The summed E-state index contributed by atoms with van der Waals surface area (Å²) < 4.78 is 26.2. The Balaban J connectivity index is 1.59. The molecule has 0 saturated carbocycles. The maximum atomic E-state index is 13.2. The Hall–Kier alpha value is -2.82. The number of rotatable bonds is 5. The van der Waals surface area contributed by atoms with Gasteiger partial charge >= 0.3 is 0 Å². The largest absolute Gasteiger partial charge is 0.352 e. The zero-order chi connectivity index (χ0) is 17.8. The van der Waals surface area contributed by atoms with E-state index in [1.807, 2.05) is 30.3 Å². The summed E-state index contributed by atoms with van der Waals surface area (Å²) in [5.41, 5.74) is 2.41. The van der Waals surface area contributed by atoms with E-state index >= 15 is 0 Å². The Morgan fingerprint density at radius 2 is 1.88 bits per heavy atom. The summed E-state index contributed by atoms with van der Waals surface area (Å²) in [6.45, 7) is 2.13. The van der Waals surface area contributed by atoms with Crippen LogP contribution in [0.1, 0.15) is 18.1 Å². The molecule has 0 fully saturated rings. The molecular formula is C20H18F2N2O. The molecule has 3 aromatic rings. The highest BCUT2D eigenvalue weighted by molar-refractivity contribution is 5.80. The molecule has 128 valence electrons. The second-order valence-corrected chi connectivity index (χ2v) is 6.11. The highest BCUT2D eigenvalue weighted by atomic mass is 19.2. The fraction of sp³-hybridized carbons (Fsp3) is 0.200. The number of hydrogen-bond donors (Lipinski definition) is 1. The van der Waals surface area contributed by atoms with Crippen molar-refractivity contribution in [3.63, 3.8) is 0 Å². The molecule has 1 N–H and O–H groups in total. The lowest BCUT2D eigenvalue weighted by molar-refractivity contribution is -0.124. The fourth-order valence-corrected chi connectivity index (χ4v) is 2.69. The normalized spacial score (nSPS) is 12.1. The van der Waals surface area contributed by atoms with Gasteiger partial charge in [-0.25, -0.2) is 8.78 Å². The third kappa shape index (κ3) is 4.18. The van der Waals surface area contributed by atoms with Crippen LogP contribution < -0.4 is 5.32 Å². The number of fused-ring (bicyclic) bond motifs is 1. The average molecular weight is 340 g/mol. The molecule has 1 atom stereocenters. The molecule has 1 unspecified atom stereocenters. The van der Waals surface area contributed by atoms with E-state index in [0.717, 1.165) is 28.6 Å². The Labute approximate surface area is 144 Å². The van der Waals surface area contributed by atoms with E-state index in [-0.39, 0.29) is 11.8 Å². The van der Waals surface area contributed by atoms with Crippen molar-refractivity contribution in [1.29, 1.82) is 0 Å². The van der Waals surface area contributed by atoms with Crippen molar-refractivity contribution in [3.05, 3.63) is 77.5 Å².